The molecule has 4 rings (SSSR count). The zero-order valence-electron chi connectivity index (χ0n) is 20.9. The highest BCUT2D eigenvalue weighted by atomic mass is 16.5. The summed E-state index contributed by atoms with van der Waals surface area (Å²) in [4.78, 5) is 37.9. The van der Waals surface area contributed by atoms with Crippen molar-refractivity contribution >= 4 is 17.5 Å². The van der Waals surface area contributed by atoms with Gasteiger partial charge in [-0.1, -0.05) is 6.92 Å². The Bertz CT molecular complexity index is 1030. The highest BCUT2D eigenvalue weighted by molar-refractivity contribution is 5.99. The number of ether oxygens (including phenoxy) is 2. The second-order valence-corrected chi connectivity index (χ2v) is 9.75. The van der Waals surface area contributed by atoms with E-state index in [2.05, 4.69) is 34.0 Å². The number of nitrogens with one attached hydrogen (secondary N) is 1. The number of likely N-dealkylation sites (N-methyl/N-ethyl adjacent to an activating group) is 1. The third-order valence-corrected chi connectivity index (χ3v) is 6.79. The molecule has 9 heteroatoms. The van der Waals surface area contributed by atoms with Crippen LogP contribution >= 0.6 is 0 Å². The fourth-order valence-electron chi connectivity index (χ4n) is 4.38. The zero-order valence-corrected chi connectivity index (χ0v) is 20.9. The smallest absolute Gasteiger partial charge is 0.257 e. The van der Waals surface area contributed by atoms with E-state index in [-0.39, 0.29) is 35.8 Å². The molecule has 3 atom stereocenters. The van der Waals surface area contributed by atoms with E-state index in [0.29, 0.717) is 36.7 Å². The Morgan fingerprint density at radius 3 is 2.63 bits per heavy atom. The second-order valence-electron chi connectivity index (χ2n) is 9.75. The average molecular weight is 482 g/mol. The van der Waals surface area contributed by atoms with Crippen LogP contribution in [0.3, 0.4) is 0 Å². The molecule has 2 amide bonds. The first-order chi connectivity index (χ1) is 16.9. The van der Waals surface area contributed by atoms with E-state index in [1.54, 1.807) is 37.3 Å². The predicted molar refractivity (Wildman–Crippen MR) is 132 cm³/mol. The largest absolute Gasteiger partial charge is 0.491 e. The van der Waals surface area contributed by atoms with Gasteiger partial charge in [-0.2, -0.15) is 0 Å². The van der Waals surface area contributed by atoms with Crippen molar-refractivity contribution in [1.29, 1.82) is 0 Å². The zero-order chi connectivity index (χ0) is 24.9. The molecule has 35 heavy (non-hydrogen) atoms. The fraction of sp³-hybridized carbons (Fsp3) is 0.538. The van der Waals surface area contributed by atoms with Crippen LogP contribution in [0.2, 0.25) is 0 Å². The summed E-state index contributed by atoms with van der Waals surface area (Å²) in [6.07, 6.45) is 6.90. The van der Waals surface area contributed by atoms with Gasteiger partial charge in [0.1, 0.15) is 18.7 Å². The van der Waals surface area contributed by atoms with Gasteiger partial charge in [-0.05, 0) is 37.8 Å². The van der Waals surface area contributed by atoms with Crippen LogP contribution in [0.15, 0.2) is 36.9 Å². The van der Waals surface area contributed by atoms with Crippen molar-refractivity contribution in [3.8, 4) is 5.75 Å². The number of hydrogen-bond donors (Lipinski definition) is 1. The van der Waals surface area contributed by atoms with Crippen molar-refractivity contribution in [2.75, 3.05) is 39.2 Å². The Kier molecular flexibility index (Phi) is 7.97. The van der Waals surface area contributed by atoms with Crippen molar-refractivity contribution in [3.63, 3.8) is 0 Å². The molecule has 0 saturated heterocycles. The molecule has 9 nitrogen and oxygen atoms in total. The van der Waals surface area contributed by atoms with E-state index in [9.17, 15) is 9.59 Å². The molecule has 1 aliphatic heterocycles. The van der Waals surface area contributed by atoms with Gasteiger partial charge in [0.25, 0.3) is 5.91 Å². The molecule has 1 N–H and O–H groups in total. The quantitative estimate of drug-likeness (QED) is 0.701. The minimum absolute atomic E-state index is 0.0168. The first-order valence-corrected chi connectivity index (χ1v) is 12.2. The summed E-state index contributed by atoms with van der Waals surface area (Å²) in [5, 5.41) is 2.95. The lowest BCUT2D eigenvalue weighted by atomic mass is 10.0. The molecular weight excluding hydrogens is 446 g/mol. The number of amides is 2. The van der Waals surface area contributed by atoms with Crippen molar-refractivity contribution in [2.45, 2.75) is 45.4 Å². The van der Waals surface area contributed by atoms with Crippen molar-refractivity contribution in [2.24, 2.45) is 11.8 Å². The topological polar surface area (TPSA) is 96.9 Å². The Morgan fingerprint density at radius 2 is 1.94 bits per heavy atom. The first-order valence-electron chi connectivity index (χ1n) is 12.2. The van der Waals surface area contributed by atoms with Crippen molar-refractivity contribution in [3.05, 3.63) is 48.0 Å². The van der Waals surface area contributed by atoms with Gasteiger partial charge >= 0.3 is 0 Å². The third kappa shape index (κ3) is 6.35. The summed E-state index contributed by atoms with van der Waals surface area (Å²) >= 11 is 0. The molecule has 1 aliphatic carbocycles. The van der Waals surface area contributed by atoms with Gasteiger partial charge in [-0.15, -0.1) is 0 Å². The maximum atomic E-state index is 13.3. The Labute approximate surface area is 206 Å². The maximum absolute atomic E-state index is 13.3. The Balaban J connectivity index is 1.62. The number of rotatable bonds is 5. The SMILES string of the molecule is CO[C@@H]1CN(C)C(=O)c2ccc(NC(=O)C3CC3)cc2OC[C@@H](C)N(Cc2cncnc2)C[C@@H]1C. The highest BCUT2D eigenvalue weighted by Crippen LogP contribution is 2.32. The molecule has 0 radical (unpaired) electrons. The summed E-state index contributed by atoms with van der Waals surface area (Å²) in [5.74, 6) is 0.603. The van der Waals surface area contributed by atoms with Gasteiger partial charge in [0.15, 0.2) is 0 Å². The lowest BCUT2D eigenvalue weighted by Gasteiger charge is -2.36. The third-order valence-electron chi connectivity index (χ3n) is 6.79. The van der Waals surface area contributed by atoms with E-state index < -0.39 is 0 Å². The summed E-state index contributed by atoms with van der Waals surface area (Å²) < 4.78 is 12.1. The number of carbonyl (C=O) groups is 2. The van der Waals surface area contributed by atoms with Gasteiger partial charge < -0.3 is 19.7 Å². The molecule has 1 fully saturated rings. The molecule has 1 saturated carbocycles. The van der Waals surface area contributed by atoms with Gasteiger partial charge in [0, 0.05) is 75.5 Å². The molecule has 2 heterocycles. The van der Waals surface area contributed by atoms with Crippen molar-refractivity contribution in [1.82, 2.24) is 19.8 Å². The van der Waals surface area contributed by atoms with E-state index >= 15 is 0 Å². The Morgan fingerprint density at radius 1 is 1.20 bits per heavy atom. The van der Waals surface area contributed by atoms with E-state index in [0.717, 1.165) is 24.9 Å². The summed E-state index contributed by atoms with van der Waals surface area (Å²) in [6, 6.07) is 5.30. The van der Waals surface area contributed by atoms with Gasteiger partial charge in [-0.3, -0.25) is 14.5 Å². The van der Waals surface area contributed by atoms with Crippen LogP contribution in [0.4, 0.5) is 5.69 Å². The van der Waals surface area contributed by atoms with Crippen LogP contribution in [-0.2, 0) is 16.1 Å². The van der Waals surface area contributed by atoms with Gasteiger partial charge in [-0.25, -0.2) is 9.97 Å². The summed E-state index contributed by atoms with van der Waals surface area (Å²) in [6.45, 7) is 6.50. The molecular formula is C26H35N5O4. The molecule has 1 aromatic heterocycles. The lowest BCUT2D eigenvalue weighted by Crippen LogP contribution is -2.46. The fourth-order valence-corrected chi connectivity index (χ4v) is 4.38. The van der Waals surface area contributed by atoms with Crippen LogP contribution in [0.25, 0.3) is 0 Å². The molecule has 1 aromatic carbocycles. The Hall–Kier alpha value is -3.04. The van der Waals surface area contributed by atoms with Gasteiger partial charge in [0.05, 0.1) is 11.7 Å². The number of benzene rings is 1. The standard InChI is InChI=1S/C26H35N5O4/c1-17-12-31(13-19-10-27-16-28-11-19)18(2)15-35-23-9-21(29-25(32)20-5-6-20)7-8-22(23)26(33)30(3)14-24(17)34-4/h7-11,16-18,20,24H,5-6,12-15H2,1-4H3,(H,29,32)/t17-,18+,24+/m0/s1. The van der Waals surface area contributed by atoms with E-state index in [1.165, 1.54) is 6.33 Å². The number of nitrogens with zero attached hydrogens (tertiary/aromatic N) is 4. The predicted octanol–water partition coefficient (Wildman–Crippen LogP) is 2.83. The molecule has 2 aromatic rings. The molecule has 2 aliphatic rings. The monoisotopic (exact) mass is 481 g/mol. The number of anilines is 1. The average Bonchev–Trinajstić information content (AvgIpc) is 3.71. The number of carbonyl (C=O) groups excluding carboxylic acids is 2. The highest BCUT2D eigenvalue weighted by Gasteiger charge is 2.31. The summed E-state index contributed by atoms with van der Waals surface area (Å²) in [7, 11) is 3.47. The van der Waals surface area contributed by atoms with E-state index in [1.807, 2.05) is 12.4 Å². The minimum Gasteiger partial charge on any atom is -0.491 e. The molecule has 0 spiro atoms. The van der Waals surface area contributed by atoms with Crippen LogP contribution in [0, 0.1) is 11.8 Å². The van der Waals surface area contributed by atoms with Crippen molar-refractivity contribution < 1.29 is 19.1 Å². The van der Waals surface area contributed by atoms with Crippen LogP contribution < -0.4 is 10.1 Å². The van der Waals surface area contributed by atoms with E-state index in [4.69, 9.17) is 9.47 Å². The number of hydrogen-bond acceptors (Lipinski definition) is 7. The van der Waals surface area contributed by atoms with Crippen LogP contribution in [0.5, 0.6) is 5.75 Å². The number of methoxy groups -OCH3 is 1. The van der Waals surface area contributed by atoms with Gasteiger partial charge in [0.2, 0.25) is 5.91 Å². The first kappa shape index (κ1) is 25.1. The molecule has 188 valence electrons. The van der Waals surface area contributed by atoms with Crippen LogP contribution in [0.1, 0.15) is 42.6 Å². The second kappa shape index (κ2) is 11.1. The number of aromatic nitrogens is 2. The summed E-state index contributed by atoms with van der Waals surface area (Å²) in [5.41, 5.74) is 2.12. The van der Waals surface area contributed by atoms with Crippen LogP contribution in [-0.4, -0.2) is 77.6 Å². The number of fused-ring (bicyclic) bond motifs is 1. The lowest BCUT2D eigenvalue weighted by molar-refractivity contribution is -0.117. The molecule has 0 bridgehead atoms. The normalized spacial score (nSPS) is 24.1. The minimum atomic E-state index is -0.138. The maximum Gasteiger partial charge on any atom is 0.257 e. The molecule has 0 unspecified atom stereocenters.